The van der Waals surface area contributed by atoms with E-state index in [2.05, 4.69) is 10.6 Å². The summed E-state index contributed by atoms with van der Waals surface area (Å²) in [6.45, 7) is 2.50. The lowest BCUT2D eigenvalue weighted by Crippen LogP contribution is -2.33. The summed E-state index contributed by atoms with van der Waals surface area (Å²) < 4.78 is 0. The molecule has 5 rings (SSSR count). The number of fused-ring (bicyclic) bond motifs is 2. The minimum atomic E-state index is -0.332. The number of nitrogens with zero attached hydrogens (tertiary/aromatic N) is 1. The molecule has 0 radical (unpaired) electrons. The summed E-state index contributed by atoms with van der Waals surface area (Å²) in [7, 11) is 0. The minimum absolute atomic E-state index is 0.0881. The smallest absolute Gasteiger partial charge is 0.258 e. The molecule has 39 heavy (non-hydrogen) atoms. The van der Waals surface area contributed by atoms with E-state index in [1.165, 1.54) is 6.08 Å². The Hall–Kier alpha value is -4.81. The molecule has 5 nitrogen and oxygen atoms in total. The number of amides is 2. The maximum atomic E-state index is 13.4. The second-order valence-corrected chi connectivity index (χ2v) is 9.38. The molecular weight excluding hydrogens is 502 g/mol. The Bertz CT molecular complexity index is 1700. The van der Waals surface area contributed by atoms with E-state index in [1.807, 2.05) is 91.9 Å². The lowest BCUT2D eigenvalue weighted by Gasteiger charge is -2.23. The number of hydrogen-bond acceptors (Lipinski definition) is 3. The monoisotopic (exact) mass is 529 g/mol. The summed E-state index contributed by atoms with van der Waals surface area (Å²) in [4.78, 5) is 27.6. The molecule has 6 heteroatoms. The zero-order chi connectivity index (χ0) is 27.2. The Morgan fingerprint density at radius 1 is 0.769 bits per heavy atom. The van der Waals surface area contributed by atoms with Crippen LogP contribution < -0.4 is 15.5 Å². The summed E-state index contributed by atoms with van der Waals surface area (Å²) >= 11 is 5.32. The zero-order valence-electron chi connectivity index (χ0n) is 21.4. The molecule has 0 aliphatic rings. The Kier molecular flexibility index (Phi) is 7.75. The summed E-state index contributed by atoms with van der Waals surface area (Å²) in [5, 5.41) is 10.1. The van der Waals surface area contributed by atoms with Crippen LogP contribution in [0, 0.1) is 0 Å². The minimum Gasteiger partial charge on any atom is -0.332 e. The van der Waals surface area contributed by atoms with Crippen molar-refractivity contribution >= 4 is 68.1 Å². The van der Waals surface area contributed by atoms with Gasteiger partial charge in [0.2, 0.25) is 5.91 Å². The van der Waals surface area contributed by atoms with E-state index >= 15 is 0 Å². The first-order valence-corrected chi connectivity index (χ1v) is 13.1. The van der Waals surface area contributed by atoms with E-state index in [4.69, 9.17) is 12.2 Å². The molecule has 0 unspecified atom stereocenters. The fourth-order valence-corrected chi connectivity index (χ4v) is 4.81. The molecular formula is C33H27N3O2S. The van der Waals surface area contributed by atoms with Crippen LogP contribution in [0.15, 0.2) is 115 Å². The number of carbonyl (C=O) groups excluding carboxylic acids is 2. The molecule has 5 aromatic carbocycles. The van der Waals surface area contributed by atoms with Crippen LogP contribution in [0.1, 0.15) is 22.8 Å². The van der Waals surface area contributed by atoms with Crippen LogP contribution in [0.4, 0.5) is 11.4 Å². The average Bonchev–Trinajstić information content (AvgIpc) is 2.97. The fourth-order valence-electron chi connectivity index (χ4n) is 4.60. The first-order valence-electron chi connectivity index (χ1n) is 12.7. The molecule has 2 amide bonds. The Morgan fingerprint density at radius 2 is 1.38 bits per heavy atom. The van der Waals surface area contributed by atoms with E-state index < -0.39 is 0 Å². The number of hydrogen-bond donors (Lipinski definition) is 2. The standard InChI is InChI=1S/C33H27N3O2S/c1-2-36(30-16-8-13-24-10-4-6-15-29(24)30)32(38)26-17-20-27(21-18-26)34-33(39)35-31(37)22-19-25-12-7-11-23-9-3-5-14-28(23)25/h3-22H,2H2,1H3,(H2,34,35,37,39). The Labute approximate surface area is 232 Å². The van der Waals surface area contributed by atoms with Crippen LogP contribution in [0.2, 0.25) is 0 Å². The third kappa shape index (κ3) is 5.87. The van der Waals surface area contributed by atoms with Gasteiger partial charge in [-0.25, -0.2) is 0 Å². The highest BCUT2D eigenvalue weighted by atomic mass is 32.1. The van der Waals surface area contributed by atoms with Gasteiger partial charge in [0, 0.05) is 29.3 Å². The lowest BCUT2D eigenvalue weighted by molar-refractivity contribution is -0.115. The molecule has 0 spiro atoms. The van der Waals surface area contributed by atoms with Crippen LogP contribution in [0.3, 0.4) is 0 Å². The maximum absolute atomic E-state index is 13.4. The van der Waals surface area contributed by atoms with Gasteiger partial charge in [0.25, 0.3) is 5.91 Å². The fraction of sp³-hybridized carbons (Fsp3) is 0.0606. The van der Waals surface area contributed by atoms with Gasteiger partial charge in [0.05, 0.1) is 5.69 Å². The molecule has 2 N–H and O–H groups in total. The number of benzene rings is 5. The zero-order valence-corrected chi connectivity index (χ0v) is 22.2. The SMILES string of the molecule is CCN(C(=O)c1ccc(NC(=S)NC(=O)C=Cc2cccc3ccccc23)cc1)c1cccc2ccccc12. The normalized spacial score (nSPS) is 11.0. The first-order chi connectivity index (χ1) is 19.0. The van der Waals surface area contributed by atoms with Crippen molar-refractivity contribution in [3.63, 3.8) is 0 Å². The second-order valence-electron chi connectivity index (χ2n) is 8.97. The van der Waals surface area contributed by atoms with Gasteiger partial charge in [-0.05, 0) is 77.3 Å². The number of anilines is 2. The molecule has 0 aliphatic heterocycles. The van der Waals surface area contributed by atoms with Crippen LogP contribution >= 0.6 is 12.2 Å². The van der Waals surface area contributed by atoms with E-state index in [0.717, 1.165) is 32.8 Å². The van der Waals surface area contributed by atoms with Crippen molar-refractivity contribution in [1.82, 2.24) is 5.32 Å². The van der Waals surface area contributed by atoms with Gasteiger partial charge in [-0.3, -0.25) is 14.9 Å². The molecule has 0 saturated carbocycles. The molecule has 0 aromatic heterocycles. The van der Waals surface area contributed by atoms with Gasteiger partial charge in [-0.15, -0.1) is 0 Å². The predicted octanol–water partition coefficient (Wildman–Crippen LogP) is 7.19. The van der Waals surface area contributed by atoms with Crippen LogP contribution in [-0.2, 0) is 4.79 Å². The van der Waals surface area contributed by atoms with E-state index in [0.29, 0.717) is 17.8 Å². The molecule has 0 saturated heterocycles. The third-order valence-electron chi connectivity index (χ3n) is 6.48. The van der Waals surface area contributed by atoms with Crippen molar-refractivity contribution < 1.29 is 9.59 Å². The van der Waals surface area contributed by atoms with Gasteiger partial charge in [0.15, 0.2) is 5.11 Å². The van der Waals surface area contributed by atoms with Gasteiger partial charge in [-0.2, -0.15) is 0 Å². The van der Waals surface area contributed by atoms with Crippen LogP contribution in [0.25, 0.3) is 27.6 Å². The molecule has 192 valence electrons. The van der Waals surface area contributed by atoms with Crippen molar-refractivity contribution in [2.45, 2.75) is 6.92 Å². The van der Waals surface area contributed by atoms with Crippen molar-refractivity contribution in [3.05, 3.63) is 126 Å². The van der Waals surface area contributed by atoms with Crippen molar-refractivity contribution in [2.24, 2.45) is 0 Å². The van der Waals surface area contributed by atoms with E-state index in [9.17, 15) is 9.59 Å². The number of nitrogens with one attached hydrogen (secondary N) is 2. The maximum Gasteiger partial charge on any atom is 0.258 e. The molecule has 5 aromatic rings. The topological polar surface area (TPSA) is 61.4 Å². The van der Waals surface area contributed by atoms with E-state index in [-0.39, 0.29) is 16.9 Å². The van der Waals surface area contributed by atoms with Crippen molar-refractivity contribution in [3.8, 4) is 0 Å². The quantitative estimate of drug-likeness (QED) is 0.181. The highest BCUT2D eigenvalue weighted by molar-refractivity contribution is 7.80. The largest absolute Gasteiger partial charge is 0.332 e. The number of thiocarbonyl (C=S) groups is 1. The summed E-state index contributed by atoms with van der Waals surface area (Å²) in [5.74, 6) is -0.421. The molecule has 0 atom stereocenters. The highest BCUT2D eigenvalue weighted by Gasteiger charge is 2.18. The van der Waals surface area contributed by atoms with Gasteiger partial charge in [-0.1, -0.05) is 78.9 Å². The van der Waals surface area contributed by atoms with Gasteiger partial charge < -0.3 is 10.2 Å². The highest BCUT2D eigenvalue weighted by Crippen LogP contribution is 2.28. The lowest BCUT2D eigenvalue weighted by atomic mass is 10.0. The third-order valence-corrected chi connectivity index (χ3v) is 6.69. The Balaban J connectivity index is 1.22. The van der Waals surface area contributed by atoms with Crippen LogP contribution in [-0.4, -0.2) is 23.5 Å². The molecule has 0 aliphatic carbocycles. The second kappa shape index (κ2) is 11.7. The summed E-state index contributed by atoms with van der Waals surface area (Å²) in [5.41, 5.74) is 3.06. The summed E-state index contributed by atoms with van der Waals surface area (Å²) in [6, 6.07) is 35.0. The van der Waals surface area contributed by atoms with Crippen LogP contribution in [0.5, 0.6) is 0 Å². The van der Waals surface area contributed by atoms with Gasteiger partial charge >= 0.3 is 0 Å². The molecule has 0 heterocycles. The number of rotatable bonds is 6. The number of carbonyl (C=O) groups is 2. The molecule has 0 fully saturated rings. The average molecular weight is 530 g/mol. The predicted molar refractivity (Wildman–Crippen MR) is 165 cm³/mol. The van der Waals surface area contributed by atoms with Crippen molar-refractivity contribution in [1.29, 1.82) is 0 Å². The molecule has 0 bridgehead atoms. The van der Waals surface area contributed by atoms with E-state index in [1.54, 1.807) is 35.2 Å². The van der Waals surface area contributed by atoms with Crippen molar-refractivity contribution in [2.75, 3.05) is 16.8 Å². The van der Waals surface area contributed by atoms with Gasteiger partial charge in [0.1, 0.15) is 0 Å². The Morgan fingerprint density at radius 3 is 2.10 bits per heavy atom. The first kappa shape index (κ1) is 25.8. The summed E-state index contributed by atoms with van der Waals surface area (Å²) in [6.07, 6.45) is 3.24.